The molecule has 0 aliphatic heterocycles. The Morgan fingerprint density at radius 1 is 1.27 bits per heavy atom. The highest BCUT2D eigenvalue weighted by atomic mass is 16.3. The van der Waals surface area contributed by atoms with Crippen molar-refractivity contribution in [3.8, 4) is 0 Å². The van der Waals surface area contributed by atoms with Gasteiger partial charge in [0.15, 0.2) is 5.96 Å². The number of furan rings is 1. The van der Waals surface area contributed by atoms with E-state index in [9.17, 15) is 4.79 Å². The summed E-state index contributed by atoms with van der Waals surface area (Å²) in [5.74, 6) is 2.19. The van der Waals surface area contributed by atoms with E-state index >= 15 is 0 Å². The van der Waals surface area contributed by atoms with Crippen LogP contribution in [0.1, 0.15) is 31.9 Å². The van der Waals surface area contributed by atoms with E-state index in [0.717, 1.165) is 50.5 Å². The average Bonchev–Trinajstić information content (AvgIpc) is 3.25. The molecule has 0 atom stereocenters. The minimum atomic E-state index is 0.180. The van der Waals surface area contributed by atoms with Gasteiger partial charge in [0, 0.05) is 38.5 Å². The summed E-state index contributed by atoms with van der Waals surface area (Å²) in [5.41, 5.74) is 0. The molecule has 122 valence electrons. The van der Waals surface area contributed by atoms with E-state index in [1.807, 2.05) is 12.1 Å². The first-order chi connectivity index (χ1) is 10.8. The second kappa shape index (κ2) is 9.12. The van der Waals surface area contributed by atoms with Gasteiger partial charge in [-0.15, -0.1) is 0 Å². The lowest BCUT2D eigenvalue weighted by Crippen LogP contribution is -2.42. The number of aliphatic imine (C=N–C) groups is 1. The molecule has 1 aliphatic carbocycles. The second-order valence-corrected chi connectivity index (χ2v) is 5.48. The molecular weight excluding hydrogens is 280 g/mol. The van der Waals surface area contributed by atoms with Gasteiger partial charge in [-0.1, -0.05) is 6.92 Å². The first-order valence-electron chi connectivity index (χ1n) is 8.12. The molecule has 0 saturated heterocycles. The first kappa shape index (κ1) is 16.4. The molecule has 1 saturated carbocycles. The van der Waals surface area contributed by atoms with Crippen LogP contribution in [0.15, 0.2) is 27.8 Å². The summed E-state index contributed by atoms with van der Waals surface area (Å²) in [6.45, 7) is 4.94. The van der Waals surface area contributed by atoms with E-state index in [0.29, 0.717) is 13.1 Å². The topological polar surface area (TPSA) is 78.7 Å². The molecule has 6 nitrogen and oxygen atoms in total. The van der Waals surface area contributed by atoms with Gasteiger partial charge in [-0.05, 0) is 31.4 Å². The van der Waals surface area contributed by atoms with Crippen LogP contribution in [0, 0.1) is 5.92 Å². The molecule has 1 amide bonds. The van der Waals surface area contributed by atoms with Gasteiger partial charge in [0.2, 0.25) is 5.91 Å². The van der Waals surface area contributed by atoms with Crippen LogP contribution in [0.2, 0.25) is 0 Å². The van der Waals surface area contributed by atoms with Crippen molar-refractivity contribution in [1.82, 2.24) is 16.0 Å². The summed E-state index contributed by atoms with van der Waals surface area (Å²) in [5, 5.41) is 9.46. The van der Waals surface area contributed by atoms with E-state index in [1.54, 1.807) is 6.26 Å². The van der Waals surface area contributed by atoms with Gasteiger partial charge < -0.3 is 20.4 Å². The van der Waals surface area contributed by atoms with Crippen LogP contribution < -0.4 is 16.0 Å². The molecule has 2 rings (SSSR count). The zero-order valence-corrected chi connectivity index (χ0v) is 13.2. The third-order valence-corrected chi connectivity index (χ3v) is 3.40. The van der Waals surface area contributed by atoms with Crippen molar-refractivity contribution in [3.63, 3.8) is 0 Å². The zero-order valence-electron chi connectivity index (χ0n) is 13.2. The van der Waals surface area contributed by atoms with Gasteiger partial charge in [0.25, 0.3) is 0 Å². The Bertz CT molecular complexity index is 467. The van der Waals surface area contributed by atoms with Crippen LogP contribution in [-0.4, -0.2) is 38.0 Å². The third kappa shape index (κ3) is 6.20. The van der Waals surface area contributed by atoms with E-state index in [2.05, 4.69) is 27.9 Å². The lowest BCUT2D eigenvalue weighted by molar-refractivity contribution is -0.122. The van der Waals surface area contributed by atoms with E-state index in [1.165, 1.54) is 0 Å². The Morgan fingerprint density at radius 3 is 2.73 bits per heavy atom. The molecule has 0 spiro atoms. The van der Waals surface area contributed by atoms with Crippen LogP contribution in [0.25, 0.3) is 0 Å². The fourth-order valence-corrected chi connectivity index (χ4v) is 2.01. The fourth-order valence-electron chi connectivity index (χ4n) is 2.01. The largest absolute Gasteiger partial charge is 0.469 e. The van der Waals surface area contributed by atoms with Crippen molar-refractivity contribution in [3.05, 3.63) is 24.2 Å². The maximum atomic E-state index is 11.5. The first-order valence-corrected chi connectivity index (χ1v) is 8.12. The molecule has 0 bridgehead atoms. The standard InChI is InChI=1S/C16H26N4O2/c1-2-8-18-16(19-9-7-14-4-3-12-22-14)20-11-10-17-15(21)13-5-6-13/h3-4,12-13H,2,5-11H2,1H3,(H,17,21)(H2,18,19,20). The normalized spacial score (nSPS) is 14.7. The smallest absolute Gasteiger partial charge is 0.223 e. The van der Waals surface area contributed by atoms with Gasteiger partial charge in [-0.2, -0.15) is 0 Å². The summed E-state index contributed by atoms with van der Waals surface area (Å²) in [6, 6.07) is 3.85. The highest BCUT2D eigenvalue weighted by Gasteiger charge is 2.28. The summed E-state index contributed by atoms with van der Waals surface area (Å²) in [7, 11) is 0. The number of hydrogen-bond acceptors (Lipinski definition) is 3. The van der Waals surface area contributed by atoms with Crippen molar-refractivity contribution in [2.45, 2.75) is 32.6 Å². The number of guanidine groups is 1. The van der Waals surface area contributed by atoms with Crippen LogP contribution in [0.5, 0.6) is 0 Å². The van der Waals surface area contributed by atoms with Crippen molar-refractivity contribution in [1.29, 1.82) is 0 Å². The van der Waals surface area contributed by atoms with Gasteiger partial charge in [-0.3, -0.25) is 9.79 Å². The molecule has 0 aromatic carbocycles. The summed E-state index contributed by atoms with van der Waals surface area (Å²) in [6.07, 6.45) is 5.58. The van der Waals surface area contributed by atoms with E-state index in [-0.39, 0.29) is 11.8 Å². The van der Waals surface area contributed by atoms with E-state index < -0.39 is 0 Å². The maximum absolute atomic E-state index is 11.5. The van der Waals surface area contributed by atoms with Crippen molar-refractivity contribution >= 4 is 11.9 Å². The predicted molar refractivity (Wildman–Crippen MR) is 86.7 cm³/mol. The third-order valence-electron chi connectivity index (χ3n) is 3.40. The molecule has 1 heterocycles. The van der Waals surface area contributed by atoms with Gasteiger partial charge in [-0.25, -0.2) is 0 Å². The van der Waals surface area contributed by atoms with Gasteiger partial charge in [0.05, 0.1) is 6.26 Å². The Hall–Kier alpha value is -1.98. The maximum Gasteiger partial charge on any atom is 0.223 e. The van der Waals surface area contributed by atoms with Crippen LogP contribution in [0.3, 0.4) is 0 Å². The fraction of sp³-hybridized carbons (Fsp3) is 0.625. The highest BCUT2D eigenvalue weighted by molar-refractivity contribution is 5.81. The van der Waals surface area contributed by atoms with Crippen molar-refractivity contribution < 1.29 is 9.21 Å². The van der Waals surface area contributed by atoms with Crippen LogP contribution >= 0.6 is 0 Å². The lowest BCUT2D eigenvalue weighted by Gasteiger charge is -2.12. The highest BCUT2D eigenvalue weighted by Crippen LogP contribution is 2.28. The number of carbonyl (C=O) groups excluding carboxylic acids is 1. The Kier molecular flexibility index (Phi) is 6.80. The van der Waals surface area contributed by atoms with Crippen LogP contribution in [0.4, 0.5) is 0 Å². The van der Waals surface area contributed by atoms with Crippen LogP contribution in [-0.2, 0) is 11.2 Å². The number of hydrogen-bond donors (Lipinski definition) is 3. The van der Waals surface area contributed by atoms with Gasteiger partial charge >= 0.3 is 0 Å². The monoisotopic (exact) mass is 306 g/mol. The quantitative estimate of drug-likeness (QED) is 0.365. The number of carbonyl (C=O) groups is 1. The molecule has 1 aromatic rings. The SMILES string of the molecule is CCCN=C(NCCNC(=O)C1CC1)NCCc1ccco1. The van der Waals surface area contributed by atoms with Gasteiger partial charge in [0.1, 0.15) is 5.76 Å². The predicted octanol–water partition coefficient (Wildman–Crippen LogP) is 1.29. The average molecular weight is 306 g/mol. The number of amides is 1. The van der Waals surface area contributed by atoms with Crippen molar-refractivity contribution in [2.75, 3.05) is 26.2 Å². The second-order valence-electron chi connectivity index (χ2n) is 5.48. The Labute approximate surface area is 131 Å². The van der Waals surface area contributed by atoms with Crippen molar-refractivity contribution in [2.24, 2.45) is 10.9 Å². The minimum absolute atomic E-state index is 0.180. The molecule has 1 aliphatic rings. The molecule has 6 heteroatoms. The molecule has 3 N–H and O–H groups in total. The zero-order chi connectivity index (χ0) is 15.6. The number of nitrogens with zero attached hydrogens (tertiary/aromatic N) is 1. The molecule has 0 radical (unpaired) electrons. The molecular formula is C16H26N4O2. The molecule has 1 fully saturated rings. The lowest BCUT2D eigenvalue weighted by atomic mass is 10.3. The number of rotatable bonds is 9. The Balaban J connectivity index is 1.63. The molecule has 0 unspecified atom stereocenters. The molecule has 1 aromatic heterocycles. The van der Waals surface area contributed by atoms with E-state index in [4.69, 9.17) is 4.42 Å². The minimum Gasteiger partial charge on any atom is -0.469 e. The summed E-state index contributed by atoms with van der Waals surface area (Å²) < 4.78 is 5.30. The Morgan fingerprint density at radius 2 is 2.05 bits per heavy atom. The molecule has 22 heavy (non-hydrogen) atoms. The summed E-state index contributed by atoms with van der Waals surface area (Å²) in [4.78, 5) is 16.0. The number of nitrogens with one attached hydrogen (secondary N) is 3. The summed E-state index contributed by atoms with van der Waals surface area (Å²) >= 11 is 0.